The molecule has 0 aliphatic carbocycles. The minimum atomic E-state index is -0.481. The summed E-state index contributed by atoms with van der Waals surface area (Å²) >= 11 is 5.09. The van der Waals surface area contributed by atoms with Crippen molar-refractivity contribution in [3.8, 4) is 0 Å². The molecule has 9 heteroatoms. The van der Waals surface area contributed by atoms with E-state index in [0.717, 1.165) is 16.5 Å². The van der Waals surface area contributed by atoms with Crippen LogP contribution in [0, 0.1) is 10.1 Å². The summed E-state index contributed by atoms with van der Waals surface area (Å²) in [5, 5.41) is 14.6. The van der Waals surface area contributed by atoms with Crippen LogP contribution in [0.3, 0.4) is 0 Å². The summed E-state index contributed by atoms with van der Waals surface area (Å²) in [5.41, 5.74) is 7.54. The number of H-pyrrole nitrogens is 1. The number of amides is 1. The zero-order valence-electron chi connectivity index (χ0n) is 13.5. The fourth-order valence-electron chi connectivity index (χ4n) is 2.45. The number of aromatic amines is 1. The Balaban J connectivity index is 1.51. The Hall–Kier alpha value is -3.46. The van der Waals surface area contributed by atoms with Crippen molar-refractivity contribution >= 4 is 45.5 Å². The quantitative estimate of drug-likeness (QED) is 0.320. The molecule has 132 valence electrons. The second-order valence-corrected chi connectivity index (χ2v) is 5.88. The van der Waals surface area contributed by atoms with Crippen molar-refractivity contribution in [3.63, 3.8) is 0 Å². The monoisotopic (exact) mass is 369 g/mol. The number of thiocarbonyl (C=S) groups is 1. The van der Waals surface area contributed by atoms with E-state index in [0.29, 0.717) is 5.69 Å². The molecule has 3 aromatic rings. The van der Waals surface area contributed by atoms with Crippen molar-refractivity contribution in [2.75, 3.05) is 5.32 Å². The Morgan fingerprint density at radius 2 is 1.85 bits per heavy atom. The van der Waals surface area contributed by atoms with Crippen LogP contribution in [-0.4, -0.2) is 20.9 Å². The van der Waals surface area contributed by atoms with E-state index >= 15 is 0 Å². The molecule has 0 bridgehead atoms. The van der Waals surface area contributed by atoms with Gasteiger partial charge in [0.05, 0.1) is 11.3 Å². The molecule has 1 aromatic heterocycles. The number of nitro benzene ring substituents is 1. The van der Waals surface area contributed by atoms with Gasteiger partial charge in [-0.05, 0) is 36.0 Å². The first-order chi connectivity index (χ1) is 12.5. The zero-order valence-corrected chi connectivity index (χ0v) is 14.3. The number of para-hydroxylation sites is 1. The molecule has 1 amide bonds. The molecule has 0 aliphatic heterocycles. The van der Waals surface area contributed by atoms with E-state index in [1.807, 2.05) is 24.3 Å². The number of hydrogen-bond acceptors (Lipinski definition) is 4. The molecule has 0 fully saturated rings. The molecule has 0 radical (unpaired) electrons. The number of nitrogens with zero attached hydrogens (tertiary/aromatic N) is 1. The molecule has 0 unspecified atom stereocenters. The molecule has 2 aromatic carbocycles. The molecule has 0 saturated heterocycles. The highest BCUT2D eigenvalue weighted by atomic mass is 32.1. The SMILES string of the molecule is O=C(Cc1c[nH]c2ccccc12)NNC(=S)Nc1ccc([N+](=O)[O-])cc1. The number of rotatable bonds is 4. The van der Waals surface area contributed by atoms with Crippen LogP contribution in [-0.2, 0) is 11.2 Å². The third kappa shape index (κ3) is 4.14. The van der Waals surface area contributed by atoms with E-state index in [9.17, 15) is 14.9 Å². The first-order valence-electron chi connectivity index (χ1n) is 7.68. The van der Waals surface area contributed by atoms with Gasteiger partial charge in [0, 0.05) is 34.9 Å². The summed E-state index contributed by atoms with van der Waals surface area (Å²) in [6.07, 6.45) is 1.99. The van der Waals surface area contributed by atoms with Gasteiger partial charge >= 0.3 is 0 Å². The van der Waals surface area contributed by atoms with Crippen molar-refractivity contribution < 1.29 is 9.72 Å². The maximum atomic E-state index is 12.1. The van der Waals surface area contributed by atoms with Crippen molar-refractivity contribution in [1.29, 1.82) is 0 Å². The normalized spacial score (nSPS) is 10.3. The standard InChI is InChI=1S/C17H15N5O3S/c23-16(9-11-10-18-15-4-2-1-3-14(11)15)20-21-17(26)19-12-5-7-13(8-6-12)22(24)25/h1-8,10,18H,9H2,(H,20,23)(H2,19,21,26). The van der Waals surface area contributed by atoms with E-state index in [-0.39, 0.29) is 23.1 Å². The minimum Gasteiger partial charge on any atom is -0.361 e. The van der Waals surface area contributed by atoms with Crippen molar-refractivity contribution in [3.05, 3.63) is 70.4 Å². The molecule has 0 aliphatic rings. The van der Waals surface area contributed by atoms with E-state index in [2.05, 4.69) is 21.2 Å². The van der Waals surface area contributed by atoms with Gasteiger partial charge in [0.1, 0.15) is 0 Å². The highest BCUT2D eigenvalue weighted by molar-refractivity contribution is 7.80. The van der Waals surface area contributed by atoms with Gasteiger partial charge in [-0.25, -0.2) is 0 Å². The second kappa shape index (κ2) is 7.62. The number of benzene rings is 2. The van der Waals surface area contributed by atoms with Crippen LogP contribution in [0.15, 0.2) is 54.7 Å². The molecular formula is C17H15N5O3S. The topological polar surface area (TPSA) is 112 Å². The summed E-state index contributed by atoms with van der Waals surface area (Å²) in [6.45, 7) is 0. The highest BCUT2D eigenvalue weighted by Crippen LogP contribution is 2.18. The zero-order chi connectivity index (χ0) is 18.5. The first kappa shape index (κ1) is 17.4. The van der Waals surface area contributed by atoms with Gasteiger partial charge in [0.15, 0.2) is 5.11 Å². The predicted molar refractivity (Wildman–Crippen MR) is 103 cm³/mol. The Labute approximate surface area is 153 Å². The average molecular weight is 369 g/mol. The molecule has 1 heterocycles. The second-order valence-electron chi connectivity index (χ2n) is 5.47. The van der Waals surface area contributed by atoms with E-state index < -0.39 is 4.92 Å². The lowest BCUT2D eigenvalue weighted by Crippen LogP contribution is -2.44. The molecule has 4 N–H and O–H groups in total. The number of aromatic nitrogens is 1. The number of nitro groups is 1. The van der Waals surface area contributed by atoms with Gasteiger partial charge in [-0.3, -0.25) is 25.8 Å². The minimum absolute atomic E-state index is 0.0125. The van der Waals surface area contributed by atoms with Gasteiger partial charge in [0.2, 0.25) is 5.91 Å². The molecule has 0 spiro atoms. The predicted octanol–water partition coefficient (Wildman–Crippen LogP) is 2.64. The number of hydrogen-bond donors (Lipinski definition) is 4. The van der Waals surface area contributed by atoms with Crippen LogP contribution < -0.4 is 16.2 Å². The summed E-state index contributed by atoms with van der Waals surface area (Å²) < 4.78 is 0. The maximum absolute atomic E-state index is 12.1. The first-order valence-corrected chi connectivity index (χ1v) is 8.09. The number of anilines is 1. The fraction of sp³-hybridized carbons (Fsp3) is 0.0588. The van der Waals surface area contributed by atoms with Gasteiger partial charge in [-0.2, -0.15) is 0 Å². The van der Waals surface area contributed by atoms with Crippen LogP contribution in [0.1, 0.15) is 5.56 Å². The van der Waals surface area contributed by atoms with Crippen molar-refractivity contribution in [2.45, 2.75) is 6.42 Å². The molecule has 3 rings (SSSR count). The lowest BCUT2D eigenvalue weighted by Gasteiger charge is -2.11. The van der Waals surface area contributed by atoms with Gasteiger partial charge in [-0.15, -0.1) is 0 Å². The largest absolute Gasteiger partial charge is 0.361 e. The number of non-ortho nitro benzene ring substituents is 1. The number of carbonyl (C=O) groups excluding carboxylic acids is 1. The smallest absolute Gasteiger partial charge is 0.269 e. The molecule has 0 saturated carbocycles. The van der Waals surface area contributed by atoms with Crippen molar-refractivity contribution in [1.82, 2.24) is 15.8 Å². The van der Waals surface area contributed by atoms with E-state index in [1.54, 1.807) is 6.20 Å². The molecule has 26 heavy (non-hydrogen) atoms. The third-order valence-electron chi connectivity index (χ3n) is 3.68. The third-order valence-corrected chi connectivity index (χ3v) is 3.88. The summed E-state index contributed by atoms with van der Waals surface area (Å²) in [4.78, 5) is 25.3. The van der Waals surface area contributed by atoms with Crippen LogP contribution in [0.5, 0.6) is 0 Å². The summed E-state index contributed by atoms with van der Waals surface area (Å²) in [6, 6.07) is 13.5. The average Bonchev–Trinajstić information content (AvgIpc) is 3.03. The van der Waals surface area contributed by atoms with Crippen LogP contribution in [0.2, 0.25) is 0 Å². The van der Waals surface area contributed by atoms with Crippen molar-refractivity contribution in [2.24, 2.45) is 0 Å². The number of fused-ring (bicyclic) bond motifs is 1. The van der Waals surface area contributed by atoms with Gasteiger partial charge in [-0.1, -0.05) is 18.2 Å². The summed E-state index contributed by atoms with van der Waals surface area (Å²) in [7, 11) is 0. The Morgan fingerprint density at radius 3 is 2.58 bits per heavy atom. The maximum Gasteiger partial charge on any atom is 0.269 e. The van der Waals surface area contributed by atoms with Crippen LogP contribution >= 0.6 is 12.2 Å². The lowest BCUT2D eigenvalue weighted by atomic mass is 10.1. The van der Waals surface area contributed by atoms with E-state index in [4.69, 9.17) is 12.2 Å². The van der Waals surface area contributed by atoms with E-state index in [1.165, 1.54) is 24.3 Å². The van der Waals surface area contributed by atoms with Gasteiger partial charge < -0.3 is 10.3 Å². The molecular weight excluding hydrogens is 354 g/mol. The Kier molecular flexibility index (Phi) is 5.09. The Morgan fingerprint density at radius 1 is 1.12 bits per heavy atom. The van der Waals surface area contributed by atoms with Crippen LogP contribution in [0.4, 0.5) is 11.4 Å². The fourth-order valence-corrected chi connectivity index (χ4v) is 2.62. The lowest BCUT2D eigenvalue weighted by molar-refractivity contribution is -0.384. The van der Waals surface area contributed by atoms with Crippen LogP contribution in [0.25, 0.3) is 10.9 Å². The van der Waals surface area contributed by atoms with Gasteiger partial charge in [0.25, 0.3) is 5.69 Å². The number of nitrogens with one attached hydrogen (secondary N) is 4. The Bertz CT molecular complexity index is 968. The summed E-state index contributed by atoms with van der Waals surface area (Å²) in [5.74, 6) is -0.248. The number of carbonyl (C=O) groups is 1. The highest BCUT2D eigenvalue weighted by Gasteiger charge is 2.09. The molecule has 8 nitrogen and oxygen atoms in total. The number of hydrazine groups is 1. The molecule has 0 atom stereocenters.